The number of hydrogen-bond donors (Lipinski definition) is 0. The summed E-state index contributed by atoms with van der Waals surface area (Å²) in [7, 11) is 3.95. The van der Waals surface area contributed by atoms with Gasteiger partial charge in [0, 0.05) is 50.3 Å². The summed E-state index contributed by atoms with van der Waals surface area (Å²) in [6.07, 6.45) is 34.8. The van der Waals surface area contributed by atoms with E-state index < -0.39 is 0 Å². The summed E-state index contributed by atoms with van der Waals surface area (Å²) in [5, 5.41) is 0. The molecule has 2 aliphatic rings. The van der Waals surface area contributed by atoms with Gasteiger partial charge in [0.05, 0.1) is 32.7 Å². The van der Waals surface area contributed by atoms with E-state index in [0.29, 0.717) is 68.8 Å². The zero-order valence-corrected chi connectivity index (χ0v) is 56.5. The first-order chi connectivity index (χ1) is 43.0. The quantitative estimate of drug-likeness (QED) is 0.0202. The maximum atomic E-state index is 12.6. The first-order valence-electron chi connectivity index (χ1n) is 35.0. The number of likely N-dealkylation sites (tertiary alicyclic amines) is 2. The summed E-state index contributed by atoms with van der Waals surface area (Å²) in [6.45, 7) is 14.5. The Labute approximate surface area is 539 Å². The third-order valence-electron chi connectivity index (χ3n) is 17.2. The molecule has 0 amide bonds. The van der Waals surface area contributed by atoms with Crippen LogP contribution in [-0.2, 0) is 60.6 Å². The molecule has 1 atom stereocenters. The van der Waals surface area contributed by atoms with Crippen molar-refractivity contribution < 1.29 is 57.2 Å². The molecular weight excluding hydrogens is 1150 g/mol. The fraction of sp³-hybridized carbons (Fsp3) is 0.750. The van der Waals surface area contributed by atoms with Crippen LogP contribution in [0.2, 0.25) is 0 Å². The molecule has 498 valence electrons. The Morgan fingerprint density at radius 2 is 0.784 bits per heavy atom. The third-order valence-corrected chi connectivity index (χ3v) is 19.6. The van der Waals surface area contributed by atoms with Crippen molar-refractivity contribution in [3.8, 4) is 11.5 Å². The molecule has 2 heterocycles. The molecule has 88 heavy (non-hydrogen) atoms. The molecule has 0 bridgehead atoms. The Kier molecular flexibility index (Phi) is 43.8. The van der Waals surface area contributed by atoms with Crippen LogP contribution in [0.25, 0.3) is 0 Å². The molecule has 1 unspecified atom stereocenters. The number of benzene rings is 2. The van der Waals surface area contributed by atoms with E-state index in [1.54, 1.807) is 24.3 Å². The van der Waals surface area contributed by atoms with E-state index >= 15 is 0 Å². The number of carbonyl (C=O) groups excluding carboxylic acids is 6. The van der Waals surface area contributed by atoms with E-state index in [4.69, 9.17) is 28.4 Å². The molecule has 0 radical (unpaired) electrons. The summed E-state index contributed by atoms with van der Waals surface area (Å²) >= 11 is 0. The second-order valence-corrected chi connectivity index (χ2v) is 27.5. The smallest absolute Gasteiger partial charge is 0.311 e. The Balaban J connectivity index is 0.888. The molecule has 2 aromatic rings. The van der Waals surface area contributed by atoms with Crippen LogP contribution in [0.5, 0.6) is 11.5 Å². The summed E-state index contributed by atoms with van der Waals surface area (Å²) < 4.78 is 33.4. The van der Waals surface area contributed by atoms with Crippen molar-refractivity contribution >= 4 is 57.4 Å². The summed E-state index contributed by atoms with van der Waals surface area (Å²) in [5.41, 5.74) is 1.65. The third kappa shape index (κ3) is 39.2. The van der Waals surface area contributed by atoms with Crippen molar-refractivity contribution in [2.24, 2.45) is 11.8 Å². The van der Waals surface area contributed by atoms with Gasteiger partial charge in [-0.1, -0.05) is 176 Å². The van der Waals surface area contributed by atoms with Crippen molar-refractivity contribution in [3.63, 3.8) is 0 Å². The Hall–Kier alpha value is -4.12. The van der Waals surface area contributed by atoms with E-state index in [9.17, 15) is 28.8 Å². The minimum Gasteiger partial charge on any atom is -0.466 e. The van der Waals surface area contributed by atoms with Gasteiger partial charge in [0.1, 0.15) is 17.6 Å². The normalized spacial score (nSPS) is 14.5. The Morgan fingerprint density at radius 1 is 0.420 bits per heavy atom. The fourth-order valence-corrected chi connectivity index (χ4v) is 13.5. The van der Waals surface area contributed by atoms with Crippen LogP contribution in [0.1, 0.15) is 257 Å². The molecule has 2 fully saturated rings. The van der Waals surface area contributed by atoms with Gasteiger partial charge in [0.15, 0.2) is 0 Å². The highest BCUT2D eigenvalue weighted by Crippen LogP contribution is 2.27. The van der Waals surface area contributed by atoms with Gasteiger partial charge in [-0.25, -0.2) is 0 Å². The number of esters is 6. The minimum atomic E-state index is -0.263. The van der Waals surface area contributed by atoms with Gasteiger partial charge in [0.2, 0.25) is 0 Å². The van der Waals surface area contributed by atoms with E-state index in [-0.39, 0.29) is 54.8 Å². The average molecular weight is 1270 g/mol. The number of carbonyl (C=O) groups is 6. The molecule has 0 aromatic heterocycles. The second-order valence-electron chi connectivity index (χ2n) is 24.8. The number of nitrogens with zero attached hydrogens (tertiary/aromatic N) is 2. The molecule has 0 N–H and O–H groups in total. The molecule has 0 saturated carbocycles. The highest BCUT2D eigenvalue weighted by molar-refractivity contribution is 8.76. The molecule has 0 spiro atoms. The molecular formula is C72H116N2O12S2. The largest absolute Gasteiger partial charge is 0.466 e. The Bertz CT molecular complexity index is 2150. The number of piperidine rings is 2. The topological polar surface area (TPSA) is 164 Å². The van der Waals surface area contributed by atoms with Crippen molar-refractivity contribution in [2.45, 2.75) is 264 Å². The summed E-state index contributed by atoms with van der Waals surface area (Å²) in [5.74, 6) is 3.14. The standard InChI is InChI=1S/C72H116N2O12S2/c1-4-7-9-11-13-21-27-53-81-67(75)29-23-17-14-18-25-31-69(77)85-65-37-33-62(34-38-65)58-71(79)82-54-45-60-41-47-73(48-42-60)51-56-87-88-57-52-74-49-43-61(44-50-74)46-55-83-72(80)59-63-35-39-66(40-36-63)86-70(78)32-26-20-15-19-24-30-68(76)84-64(6-3)28-22-16-12-10-8-5-2/h33-40,60-61,64H,4-32,41-59H2,1-3H3. The molecule has 2 saturated heterocycles. The Morgan fingerprint density at radius 3 is 1.20 bits per heavy atom. The van der Waals surface area contributed by atoms with Crippen LogP contribution in [0.4, 0.5) is 0 Å². The number of unbranched alkanes of at least 4 members (excludes halogenated alkanes) is 19. The lowest BCUT2D eigenvalue weighted by Gasteiger charge is -2.32. The highest BCUT2D eigenvalue weighted by atomic mass is 33.1. The molecule has 0 aliphatic carbocycles. The van der Waals surface area contributed by atoms with Gasteiger partial charge in [-0.05, 0) is 163 Å². The van der Waals surface area contributed by atoms with Crippen LogP contribution in [0, 0.1) is 11.8 Å². The summed E-state index contributed by atoms with van der Waals surface area (Å²) in [6, 6.07) is 14.2. The lowest BCUT2D eigenvalue weighted by Crippen LogP contribution is -2.36. The first kappa shape index (κ1) is 76.3. The van der Waals surface area contributed by atoms with Gasteiger partial charge in [-0.15, -0.1) is 0 Å². The predicted molar refractivity (Wildman–Crippen MR) is 358 cm³/mol. The van der Waals surface area contributed by atoms with E-state index in [1.807, 2.05) is 45.9 Å². The van der Waals surface area contributed by atoms with Crippen LogP contribution in [-0.4, -0.2) is 122 Å². The number of rotatable bonds is 52. The van der Waals surface area contributed by atoms with Crippen molar-refractivity contribution in [1.82, 2.24) is 9.80 Å². The molecule has 2 aliphatic heterocycles. The first-order valence-corrected chi connectivity index (χ1v) is 37.4. The highest BCUT2D eigenvalue weighted by Gasteiger charge is 2.22. The number of ether oxygens (including phenoxy) is 6. The zero-order chi connectivity index (χ0) is 62.9. The van der Waals surface area contributed by atoms with Gasteiger partial charge in [0.25, 0.3) is 0 Å². The van der Waals surface area contributed by atoms with Crippen LogP contribution in [0.3, 0.4) is 0 Å². The van der Waals surface area contributed by atoms with Crippen LogP contribution < -0.4 is 9.47 Å². The van der Waals surface area contributed by atoms with Gasteiger partial charge >= 0.3 is 35.8 Å². The van der Waals surface area contributed by atoms with Crippen molar-refractivity contribution in [1.29, 1.82) is 0 Å². The monoisotopic (exact) mass is 1260 g/mol. The molecule has 16 heteroatoms. The fourth-order valence-electron chi connectivity index (χ4n) is 11.5. The SMILES string of the molecule is CCCCCCCCCOC(=O)CCCCCCCC(=O)Oc1ccc(CC(=O)OCCC2CCN(CCSSCCN3CCC(CCOC(=O)Cc4ccc(OC(=O)CCCCCCCC(=O)OC(CC)CCCCCCCC)cc4)CC3)CC2)cc1. The van der Waals surface area contributed by atoms with Gasteiger partial charge in [-0.2, -0.15) is 0 Å². The molecule has 2 aromatic carbocycles. The number of hydrogen-bond acceptors (Lipinski definition) is 16. The van der Waals surface area contributed by atoms with E-state index in [0.717, 1.165) is 197 Å². The van der Waals surface area contributed by atoms with Crippen molar-refractivity contribution in [2.75, 3.05) is 70.6 Å². The van der Waals surface area contributed by atoms with E-state index in [1.165, 1.54) is 64.2 Å². The lowest BCUT2D eigenvalue weighted by molar-refractivity contribution is -0.150. The van der Waals surface area contributed by atoms with Gasteiger partial charge < -0.3 is 38.2 Å². The van der Waals surface area contributed by atoms with E-state index in [2.05, 4.69) is 30.6 Å². The summed E-state index contributed by atoms with van der Waals surface area (Å²) in [4.78, 5) is 79.6. The van der Waals surface area contributed by atoms with Gasteiger partial charge in [-0.3, -0.25) is 28.8 Å². The van der Waals surface area contributed by atoms with Crippen LogP contribution in [0.15, 0.2) is 48.5 Å². The average Bonchev–Trinajstić information content (AvgIpc) is 3.65. The maximum absolute atomic E-state index is 12.6. The zero-order valence-electron chi connectivity index (χ0n) is 54.9. The second kappa shape index (κ2) is 50.5. The minimum absolute atomic E-state index is 0.0393. The lowest BCUT2D eigenvalue weighted by atomic mass is 9.94. The molecule has 14 nitrogen and oxygen atoms in total. The predicted octanol–water partition coefficient (Wildman–Crippen LogP) is 16.8. The van der Waals surface area contributed by atoms with Crippen LogP contribution >= 0.6 is 21.6 Å². The maximum Gasteiger partial charge on any atom is 0.311 e. The van der Waals surface area contributed by atoms with Crippen molar-refractivity contribution in [3.05, 3.63) is 59.7 Å². The molecule has 4 rings (SSSR count).